The van der Waals surface area contributed by atoms with Crippen molar-refractivity contribution in [3.63, 3.8) is 0 Å². The van der Waals surface area contributed by atoms with Crippen molar-refractivity contribution in [3.8, 4) is 17.0 Å². The highest BCUT2D eigenvalue weighted by Gasteiger charge is 2.24. The van der Waals surface area contributed by atoms with Crippen LogP contribution in [0.3, 0.4) is 0 Å². The summed E-state index contributed by atoms with van der Waals surface area (Å²) in [6, 6.07) is 6.77. The molecule has 5 heteroatoms. The van der Waals surface area contributed by atoms with Gasteiger partial charge in [-0.1, -0.05) is 0 Å². The van der Waals surface area contributed by atoms with Crippen LogP contribution < -0.4 is 15.4 Å². The normalized spacial score (nSPS) is 20.0. The minimum Gasteiger partial charge on any atom is -0.497 e. The minimum atomic E-state index is 0.495. The van der Waals surface area contributed by atoms with E-state index in [4.69, 9.17) is 4.74 Å². The summed E-state index contributed by atoms with van der Waals surface area (Å²) >= 11 is 0. The molecule has 1 aliphatic carbocycles. The number of aromatic nitrogens is 2. The van der Waals surface area contributed by atoms with Crippen molar-refractivity contribution in [3.05, 3.63) is 29.3 Å². The van der Waals surface area contributed by atoms with E-state index in [2.05, 4.69) is 33.0 Å². The van der Waals surface area contributed by atoms with Gasteiger partial charge < -0.3 is 15.4 Å². The molecule has 0 saturated carbocycles. The maximum Gasteiger partial charge on any atom is 0.151 e. The van der Waals surface area contributed by atoms with E-state index in [1.807, 2.05) is 6.07 Å². The summed E-state index contributed by atoms with van der Waals surface area (Å²) in [6.45, 7) is 2.11. The molecule has 4 rings (SSSR count). The Kier molecular flexibility index (Phi) is 3.07. The van der Waals surface area contributed by atoms with E-state index < -0.39 is 0 Å². The molecule has 2 heterocycles. The Morgan fingerprint density at radius 1 is 1.33 bits per heavy atom. The van der Waals surface area contributed by atoms with Gasteiger partial charge in [0.15, 0.2) is 5.82 Å². The van der Waals surface area contributed by atoms with E-state index >= 15 is 0 Å². The third-order valence-corrected chi connectivity index (χ3v) is 4.49. The number of hydrogen-bond donors (Lipinski definition) is 3. The predicted molar refractivity (Wildman–Crippen MR) is 82.9 cm³/mol. The van der Waals surface area contributed by atoms with Crippen LogP contribution in [0.15, 0.2) is 18.2 Å². The number of aromatic amines is 1. The largest absolute Gasteiger partial charge is 0.497 e. The molecule has 1 fully saturated rings. The fraction of sp³-hybridized carbons (Fsp3) is 0.438. The molecule has 5 nitrogen and oxygen atoms in total. The number of methoxy groups -OCH3 is 1. The molecule has 1 aromatic carbocycles. The average molecular weight is 284 g/mol. The first-order valence-corrected chi connectivity index (χ1v) is 7.57. The van der Waals surface area contributed by atoms with Gasteiger partial charge in [-0.15, -0.1) is 0 Å². The molecular formula is C16H20N4O. The number of ether oxygens (including phenoxy) is 1. The molecule has 21 heavy (non-hydrogen) atoms. The fourth-order valence-corrected chi connectivity index (χ4v) is 3.33. The molecule has 1 atom stereocenters. The van der Waals surface area contributed by atoms with Crippen LogP contribution in [0, 0.1) is 0 Å². The van der Waals surface area contributed by atoms with Crippen LogP contribution in [0.4, 0.5) is 5.82 Å². The zero-order valence-electron chi connectivity index (χ0n) is 12.2. The summed E-state index contributed by atoms with van der Waals surface area (Å²) in [5.74, 6) is 1.95. The standard InChI is InChI=1S/C16H20N4O/c1-21-12-3-5-13-10(8-12)2-4-14-15(13)19-20-16(14)18-11-6-7-17-9-11/h3,5,8,11,17H,2,4,6-7,9H2,1H3,(H2,18,19,20). The first-order valence-electron chi connectivity index (χ1n) is 7.57. The molecule has 2 aliphatic rings. The fourth-order valence-electron chi connectivity index (χ4n) is 3.33. The number of H-pyrrole nitrogens is 1. The Hall–Kier alpha value is -2.01. The highest BCUT2D eigenvalue weighted by Crippen LogP contribution is 2.37. The smallest absolute Gasteiger partial charge is 0.151 e. The number of nitrogens with zero attached hydrogens (tertiary/aromatic N) is 1. The molecule has 110 valence electrons. The molecule has 1 unspecified atom stereocenters. The maximum absolute atomic E-state index is 5.32. The van der Waals surface area contributed by atoms with Crippen molar-refractivity contribution >= 4 is 5.82 Å². The van der Waals surface area contributed by atoms with Gasteiger partial charge in [0, 0.05) is 23.7 Å². The lowest BCUT2D eigenvalue weighted by Gasteiger charge is -2.18. The Bertz CT molecular complexity index is 658. The number of nitrogens with one attached hydrogen (secondary N) is 3. The summed E-state index contributed by atoms with van der Waals surface area (Å²) < 4.78 is 5.32. The van der Waals surface area contributed by atoms with Crippen molar-refractivity contribution in [2.45, 2.75) is 25.3 Å². The van der Waals surface area contributed by atoms with Crippen LogP contribution >= 0.6 is 0 Å². The van der Waals surface area contributed by atoms with Crippen LogP contribution in [0.1, 0.15) is 17.5 Å². The van der Waals surface area contributed by atoms with E-state index in [0.29, 0.717) is 6.04 Å². The van der Waals surface area contributed by atoms with Gasteiger partial charge in [-0.25, -0.2) is 0 Å². The molecule has 1 aliphatic heterocycles. The predicted octanol–water partition coefficient (Wildman–Crippen LogP) is 1.96. The third-order valence-electron chi connectivity index (χ3n) is 4.49. The number of anilines is 1. The first-order chi connectivity index (χ1) is 10.3. The van der Waals surface area contributed by atoms with Crippen LogP contribution in [0.25, 0.3) is 11.3 Å². The van der Waals surface area contributed by atoms with Crippen molar-refractivity contribution < 1.29 is 4.74 Å². The van der Waals surface area contributed by atoms with E-state index in [0.717, 1.165) is 49.6 Å². The molecule has 0 spiro atoms. The molecule has 3 N–H and O–H groups in total. The molecule has 2 aromatic rings. The van der Waals surface area contributed by atoms with E-state index in [9.17, 15) is 0 Å². The van der Waals surface area contributed by atoms with Crippen molar-refractivity contribution in [1.82, 2.24) is 15.5 Å². The number of hydrogen-bond acceptors (Lipinski definition) is 4. The highest BCUT2D eigenvalue weighted by molar-refractivity contribution is 5.74. The lowest BCUT2D eigenvalue weighted by molar-refractivity contribution is 0.414. The Morgan fingerprint density at radius 2 is 2.29 bits per heavy atom. The highest BCUT2D eigenvalue weighted by atomic mass is 16.5. The second-order valence-electron chi connectivity index (χ2n) is 5.78. The van der Waals surface area contributed by atoms with Gasteiger partial charge in [0.1, 0.15) is 5.75 Å². The topological polar surface area (TPSA) is 62.0 Å². The van der Waals surface area contributed by atoms with Crippen molar-refractivity contribution in [1.29, 1.82) is 0 Å². The van der Waals surface area contributed by atoms with Gasteiger partial charge in [-0.05, 0) is 49.6 Å². The zero-order chi connectivity index (χ0) is 14.2. The van der Waals surface area contributed by atoms with Gasteiger partial charge in [0.25, 0.3) is 0 Å². The van der Waals surface area contributed by atoms with Crippen LogP contribution in [-0.2, 0) is 12.8 Å². The second kappa shape index (κ2) is 5.07. The zero-order valence-corrected chi connectivity index (χ0v) is 12.2. The van der Waals surface area contributed by atoms with Gasteiger partial charge in [0.2, 0.25) is 0 Å². The molecule has 1 aromatic heterocycles. The monoisotopic (exact) mass is 284 g/mol. The summed E-state index contributed by atoms with van der Waals surface area (Å²) in [4.78, 5) is 0. The van der Waals surface area contributed by atoms with Crippen molar-refractivity contribution in [2.75, 3.05) is 25.5 Å². The van der Waals surface area contributed by atoms with Crippen LogP contribution in [0.2, 0.25) is 0 Å². The summed E-state index contributed by atoms with van der Waals surface area (Å²) in [5, 5.41) is 14.7. The molecule has 0 bridgehead atoms. The van der Waals surface area contributed by atoms with Gasteiger partial charge >= 0.3 is 0 Å². The number of fused-ring (bicyclic) bond motifs is 3. The maximum atomic E-state index is 5.32. The molecule has 0 radical (unpaired) electrons. The van der Waals surface area contributed by atoms with E-state index in [1.165, 1.54) is 16.7 Å². The van der Waals surface area contributed by atoms with Crippen molar-refractivity contribution in [2.24, 2.45) is 0 Å². The average Bonchev–Trinajstić information content (AvgIpc) is 3.17. The number of benzene rings is 1. The Labute approximate surface area is 124 Å². The third kappa shape index (κ3) is 2.17. The van der Waals surface area contributed by atoms with Gasteiger partial charge in [-0.2, -0.15) is 5.10 Å². The second-order valence-corrected chi connectivity index (χ2v) is 5.78. The summed E-state index contributed by atoms with van der Waals surface area (Å²) in [5.41, 5.74) is 5.06. The lowest BCUT2D eigenvalue weighted by atomic mass is 9.89. The SMILES string of the molecule is COc1ccc2c(c1)CCc1c(NC3CCNC3)n[nH]c1-2. The number of aryl methyl sites for hydroxylation is 1. The quantitative estimate of drug-likeness (QED) is 0.806. The van der Waals surface area contributed by atoms with Gasteiger partial charge in [0.05, 0.1) is 12.8 Å². The van der Waals surface area contributed by atoms with Gasteiger partial charge in [-0.3, -0.25) is 5.10 Å². The van der Waals surface area contributed by atoms with Crippen LogP contribution in [-0.4, -0.2) is 36.4 Å². The number of rotatable bonds is 3. The van der Waals surface area contributed by atoms with Crippen LogP contribution in [0.5, 0.6) is 5.75 Å². The lowest BCUT2D eigenvalue weighted by Crippen LogP contribution is -2.23. The molecule has 0 amide bonds. The Morgan fingerprint density at radius 3 is 3.10 bits per heavy atom. The summed E-state index contributed by atoms with van der Waals surface area (Å²) in [7, 11) is 1.71. The molecular weight excluding hydrogens is 264 g/mol. The minimum absolute atomic E-state index is 0.495. The first kappa shape index (κ1) is 12.7. The van der Waals surface area contributed by atoms with E-state index in [1.54, 1.807) is 7.11 Å². The molecule has 1 saturated heterocycles. The van der Waals surface area contributed by atoms with E-state index in [-0.39, 0.29) is 0 Å². The Balaban J connectivity index is 1.67. The summed E-state index contributed by atoms with van der Waals surface area (Å²) in [6.07, 6.45) is 3.22.